The first kappa shape index (κ1) is 15.7. The third-order valence-corrected chi connectivity index (χ3v) is 3.86. The second-order valence-corrected chi connectivity index (χ2v) is 5.16. The first-order valence-electron chi connectivity index (χ1n) is 7.75. The van der Waals surface area contributed by atoms with E-state index in [1.54, 1.807) is 0 Å². The average molecular weight is 283 g/mol. The van der Waals surface area contributed by atoms with E-state index in [4.69, 9.17) is 4.74 Å². The summed E-state index contributed by atoms with van der Waals surface area (Å²) in [5.41, 5.74) is 2.39. The monoisotopic (exact) mass is 283 g/mol. The number of rotatable bonds is 7. The van der Waals surface area contributed by atoms with Gasteiger partial charge < -0.3 is 4.74 Å². The molecule has 0 amide bonds. The predicted molar refractivity (Wildman–Crippen MR) is 88.2 cm³/mol. The van der Waals surface area contributed by atoms with Crippen molar-refractivity contribution in [2.24, 2.45) is 0 Å². The lowest BCUT2D eigenvalue weighted by Crippen LogP contribution is -2.35. The van der Waals surface area contributed by atoms with E-state index < -0.39 is 0 Å². The second-order valence-electron chi connectivity index (χ2n) is 5.16. The number of ether oxygens (including phenoxy) is 1. The zero-order valence-electron chi connectivity index (χ0n) is 13.2. The lowest BCUT2D eigenvalue weighted by molar-refractivity contribution is -0.0732. The highest BCUT2D eigenvalue weighted by atomic mass is 16.5. The fourth-order valence-electron chi connectivity index (χ4n) is 2.63. The Balaban J connectivity index is 2.25. The topological polar surface area (TPSA) is 12.5 Å². The number of hydrogen-bond donors (Lipinski definition) is 0. The minimum atomic E-state index is -0.0250. The molecule has 0 N–H and O–H groups in total. The third kappa shape index (κ3) is 4.16. The van der Waals surface area contributed by atoms with Gasteiger partial charge in [-0.1, -0.05) is 74.5 Å². The summed E-state index contributed by atoms with van der Waals surface area (Å²) in [6.45, 7) is 8.46. The van der Waals surface area contributed by atoms with Crippen LogP contribution in [0.3, 0.4) is 0 Å². The lowest BCUT2D eigenvalue weighted by Gasteiger charge is -2.31. The largest absolute Gasteiger partial charge is 0.351 e. The molecule has 2 aromatic carbocycles. The second kappa shape index (κ2) is 7.96. The van der Waals surface area contributed by atoms with Gasteiger partial charge in [0.05, 0.1) is 0 Å². The van der Waals surface area contributed by atoms with Crippen molar-refractivity contribution in [3.05, 3.63) is 71.8 Å². The molecule has 0 aromatic heterocycles. The Morgan fingerprint density at radius 2 is 1.24 bits per heavy atom. The van der Waals surface area contributed by atoms with Gasteiger partial charge >= 0.3 is 0 Å². The Bertz CT molecular complexity index is 468. The van der Waals surface area contributed by atoms with E-state index in [0.29, 0.717) is 0 Å². The maximum absolute atomic E-state index is 6.39. The quantitative estimate of drug-likeness (QED) is 0.695. The number of nitrogens with zero attached hydrogens (tertiary/aromatic N) is 1. The van der Waals surface area contributed by atoms with Crippen molar-refractivity contribution < 1.29 is 4.74 Å². The lowest BCUT2D eigenvalue weighted by atomic mass is 10.0. The van der Waals surface area contributed by atoms with Gasteiger partial charge in [-0.05, 0) is 31.1 Å². The van der Waals surface area contributed by atoms with Crippen molar-refractivity contribution in [2.45, 2.75) is 33.1 Å². The normalized spacial score (nSPS) is 12.8. The average Bonchev–Trinajstić information content (AvgIpc) is 2.55. The highest BCUT2D eigenvalue weighted by Gasteiger charge is 2.20. The van der Waals surface area contributed by atoms with Gasteiger partial charge in [-0.25, -0.2) is 0 Å². The van der Waals surface area contributed by atoms with Crippen molar-refractivity contribution in [1.29, 1.82) is 0 Å². The molecule has 1 atom stereocenters. The van der Waals surface area contributed by atoms with Gasteiger partial charge in [-0.3, -0.25) is 4.90 Å². The fourth-order valence-corrected chi connectivity index (χ4v) is 2.63. The first-order valence-corrected chi connectivity index (χ1v) is 7.75. The van der Waals surface area contributed by atoms with Crippen LogP contribution >= 0.6 is 0 Å². The molecule has 0 saturated carbocycles. The van der Waals surface area contributed by atoms with E-state index >= 15 is 0 Å². The maximum Gasteiger partial charge on any atom is 0.110 e. The molecule has 2 nitrogen and oxygen atoms in total. The third-order valence-electron chi connectivity index (χ3n) is 3.86. The summed E-state index contributed by atoms with van der Waals surface area (Å²) in [5.74, 6) is 0. The first-order chi connectivity index (χ1) is 10.3. The maximum atomic E-state index is 6.39. The van der Waals surface area contributed by atoms with Gasteiger partial charge in [-0.2, -0.15) is 0 Å². The van der Waals surface area contributed by atoms with Crippen LogP contribution in [0, 0.1) is 0 Å². The smallest absolute Gasteiger partial charge is 0.110 e. The highest BCUT2D eigenvalue weighted by molar-refractivity contribution is 5.29. The van der Waals surface area contributed by atoms with Crippen molar-refractivity contribution in [3.63, 3.8) is 0 Å². The summed E-state index contributed by atoms with van der Waals surface area (Å²) < 4.78 is 6.39. The molecule has 0 saturated heterocycles. The minimum Gasteiger partial charge on any atom is -0.351 e. The van der Waals surface area contributed by atoms with Crippen molar-refractivity contribution >= 4 is 0 Å². The van der Waals surface area contributed by atoms with Crippen LogP contribution < -0.4 is 0 Å². The summed E-state index contributed by atoms with van der Waals surface area (Å²) in [5, 5.41) is 0. The van der Waals surface area contributed by atoms with E-state index in [2.05, 4.69) is 74.2 Å². The molecule has 0 fully saturated rings. The number of benzene rings is 2. The Morgan fingerprint density at radius 1 is 0.810 bits per heavy atom. The molecule has 2 aromatic rings. The molecule has 0 radical (unpaired) electrons. The Kier molecular flexibility index (Phi) is 5.97. The molecule has 112 valence electrons. The van der Waals surface area contributed by atoms with E-state index in [-0.39, 0.29) is 12.3 Å². The van der Waals surface area contributed by atoms with E-state index in [9.17, 15) is 0 Å². The minimum absolute atomic E-state index is 0.0250. The molecule has 21 heavy (non-hydrogen) atoms. The summed E-state index contributed by atoms with van der Waals surface area (Å²) in [4.78, 5) is 2.32. The van der Waals surface area contributed by atoms with Gasteiger partial charge in [0.25, 0.3) is 0 Å². The van der Waals surface area contributed by atoms with Crippen LogP contribution in [-0.4, -0.2) is 24.2 Å². The molecule has 0 heterocycles. The van der Waals surface area contributed by atoms with E-state index in [0.717, 1.165) is 13.1 Å². The van der Waals surface area contributed by atoms with Crippen LogP contribution in [0.2, 0.25) is 0 Å². The zero-order chi connectivity index (χ0) is 15.1. The Labute approximate surface area is 128 Å². The molecular weight excluding hydrogens is 258 g/mol. The van der Waals surface area contributed by atoms with Crippen LogP contribution in [0.4, 0.5) is 0 Å². The van der Waals surface area contributed by atoms with E-state index in [1.165, 1.54) is 11.1 Å². The molecule has 0 aliphatic rings. The van der Waals surface area contributed by atoms with Crippen molar-refractivity contribution in [2.75, 3.05) is 13.1 Å². The molecule has 2 heteroatoms. The van der Waals surface area contributed by atoms with Crippen molar-refractivity contribution in [1.82, 2.24) is 4.90 Å². The van der Waals surface area contributed by atoms with Gasteiger partial charge in [0.15, 0.2) is 0 Å². The summed E-state index contributed by atoms with van der Waals surface area (Å²) in [6.07, 6.45) is 0.0633. The summed E-state index contributed by atoms with van der Waals surface area (Å²) in [6, 6.07) is 20.9. The van der Waals surface area contributed by atoms with Gasteiger partial charge in [0, 0.05) is 0 Å². The van der Waals surface area contributed by atoms with Crippen LogP contribution in [-0.2, 0) is 4.74 Å². The molecule has 0 spiro atoms. The Hall–Kier alpha value is -1.64. The molecule has 0 aliphatic heterocycles. The van der Waals surface area contributed by atoms with Crippen molar-refractivity contribution in [3.8, 4) is 0 Å². The number of hydrogen-bond acceptors (Lipinski definition) is 2. The SMILES string of the molecule is CCN(CC)C(C)OC(c1ccccc1)c1ccccc1. The molecule has 2 rings (SSSR count). The van der Waals surface area contributed by atoms with Crippen LogP contribution in [0.1, 0.15) is 38.0 Å². The van der Waals surface area contributed by atoms with Crippen LogP contribution in [0.25, 0.3) is 0 Å². The van der Waals surface area contributed by atoms with Gasteiger partial charge in [0.2, 0.25) is 0 Å². The molecule has 0 bridgehead atoms. The predicted octanol–water partition coefficient (Wildman–Crippen LogP) is 4.48. The van der Waals surface area contributed by atoms with Crippen LogP contribution in [0.15, 0.2) is 60.7 Å². The standard InChI is InChI=1S/C19H25NO/c1-4-20(5-2)16(3)21-19(17-12-8-6-9-13-17)18-14-10-7-11-15-18/h6-16,19H,4-5H2,1-3H3. The molecule has 1 unspecified atom stereocenters. The zero-order valence-corrected chi connectivity index (χ0v) is 13.2. The van der Waals surface area contributed by atoms with Crippen LogP contribution in [0.5, 0.6) is 0 Å². The molecule has 0 aliphatic carbocycles. The van der Waals surface area contributed by atoms with Gasteiger partial charge in [0.1, 0.15) is 12.3 Å². The molecular formula is C19H25NO. The van der Waals surface area contributed by atoms with E-state index in [1.807, 2.05) is 12.1 Å². The Morgan fingerprint density at radius 3 is 1.62 bits per heavy atom. The fraction of sp³-hybridized carbons (Fsp3) is 0.368. The van der Waals surface area contributed by atoms with Gasteiger partial charge in [-0.15, -0.1) is 0 Å². The summed E-state index contributed by atoms with van der Waals surface area (Å²) in [7, 11) is 0. The highest BCUT2D eigenvalue weighted by Crippen LogP contribution is 2.27. The summed E-state index contributed by atoms with van der Waals surface area (Å²) >= 11 is 0.